The number of amides is 1. The summed E-state index contributed by atoms with van der Waals surface area (Å²) in [6.45, 7) is 3.24. The van der Waals surface area contributed by atoms with Crippen molar-refractivity contribution >= 4 is 17.2 Å². The van der Waals surface area contributed by atoms with Crippen molar-refractivity contribution < 1.29 is 9.53 Å². The van der Waals surface area contributed by atoms with Gasteiger partial charge in [0, 0.05) is 24.9 Å². The first-order chi connectivity index (χ1) is 12.7. The number of benzene rings is 2. The second kappa shape index (κ2) is 8.63. The maximum absolute atomic E-state index is 12.8. The van der Waals surface area contributed by atoms with Crippen molar-refractivity contribution in [2.45, 2.75) is 19.9 Å². The summed E-state index contributed by atoms with van der Waals surface area (Å²) < 4.78 is 5.18. The molecule has 26 heavy (non-hydrogen) atoms. The molecule has 0 radical (unpaired) electrons. The quantitative estimate of drug-likeness (QED) is 0.622. The van der Waals surface area contributed by atoms with Gasteiger partial charge in [0.05, 0.1) is 12.1 Å². The topological polar surface area (TPSA) is 42.4 Å². The fourth-order valence-electron chi connectivity index (χ4n) is 2.70. The lowest BCUT2D eigenvalue weighted by Crippen LogP contribution is -2.30. The smallest absolute Gasteiger partial charge is 0.273 e. The van der Waals surface area contributed by atoms with Crippen LogP contribution in [0.4, 0.5) is 0 Å². The summed E-state index contributed by atoms with van der Waals surface area (Å²) in [5.41, 5.74) is 2.79. The van der Waals surface area contributed by atoms with Crippen LogP contribution in [0.25, 0.3) is 0 Å². The van der Waals surface area contributed by atoms with Gasteiger partial charge in [0.25, 0.3) is 5.91 Å². The van der Waals surface area contributed by atoms with Crippen molar-refractivity contribution in [1.82, 2.24) is 9.88 Å². The number of thiazole rings is 1. The first kappa shape index (κ1) is 18.1. The van der Waals surface area contributed by atoms with Crippen LogP contribution in [0, 0.1) is 0 Å². The van der Waals surface area contributed by atoms with Crippen molar-refractivity contribution in [1.29, 1.82) is 0 Å². The van der Waals surface area contributed by atoms with Crippen LogP contribution in [0.2, 0.25) is 0 Å². The van der Waals surface area contributed by atoms with E-state index in [-0.39, 0.29) is 5.91 Å². The normalized spacial score (nSPS) is 10.5. The summed E-state index contributed by atoms with van der Waals surface area (Å²) in [5, 5.41) is 2.80. The summed E-state index contributed by atoms with van der Waals surface area (Å²) in [7, 11) is 1.66. The molecule has 1 aromatic heterocycles. The predicted octanol–water partition coefficient (Wildman–Crippen LogP) is 4.40. The summed E-state index contributed by atoms with van der Waals surface area (Å²) >= 11 is 1.53. The number of hydrogen-bond acceptors (Lipinski definition) is 4. The van der Waals surface area contributed by atoms with E-state index < -0.39 is 0 Å². The van der Waals surface area contributed by atoms with E-state index in [9.17, 15) is 4.79 Å². The lowest BCUT2D eigenvalue weighted by atomic mass is 10.1. The Bertz CT molecular complexity index is 844. The fraction of sp³-hybridized carbons (Fsp3) is 0.238. The number of carbonyl (C=O) groups is 1. The molecule has 0 saturated heterocycles. The zero-order valence-corrected chi connectivity index (χ0v) is 15.8. The molecule has 1 amide bonds. The minimum atomic E-state index is -0.0198. The van der Waals surface area contributed by atoms with E-state index in [2.05, 4.69) is 4.98 Å². The Hall–Kier alpha value is -2.66. The summed E-state index contributed by atoms with van der Waals surface area (Å²) in [6, 6.07) is 17.9. The molecular weight excluding hydrogens is 344 g/mol. The third-order valence-corrected chi connectivity index (χ3v) is 5.02. The van der Waals surface area contributed by atoms with Crippen LogP contribution in [-0.2, 0) is 13.0 Å². The van der Waals surface area contributed by atoms with Gasteiger partial charge in [0.1, 0.15) is 11.4 Å². The van der Waals surface area contributed by atoms with E-state index in [1.54, 1.807) is 7.11 Å². The highest BCUT2D eigenvalue weighted by atomic mass is 32.1. The monoisotopic (exact) mass is 366 g/mol. The van der Waals surface area contributed by atoms with Crippen LogP contribution < -0.4 is 4.74 Å². The Morgan fingerprint density at radius 2 is 1.81 bits per heavy atom. The van der Waals surface area contributed by atoms with Gasteiger partial charge in [-0.3, -0.25) is 4.79 Å². The van der Waals surface area contributed by atoms with E-state index in [1.165, 1.54) is 11.3 Å². The fourth-order valence-corrected chi connectivity index (χ4v) is 3.50. The molecule has 3 aromatic rings. The number of nitrogens with zero attached hydrogens (tertiary/aromatic N) is 2. The molecule has 0 atom stereocenters. The first-order valence-corrected chi connectivity index (χ1v) is 9.48. The average Bonchev–Trinajstić information content (AvgIpc) is 3.15. The van der Waals surface area contributed by atoms with E-state index in [4.69, 9.17) is 4.74 Å². The van der Waals surface area contributed by atoms with Gasteiger partial charge in [-0.15, -0.1) is 11.3 Å². The SMILES string of the molecule is CCN(Cc1ccccc1)C(=O)c1csc(Cc2ccc(OC)cc2)n1. The number of hydrogen-bond donors (Lipinski definition) is 0. The zero-order valence-electron chi connectivity index (χ0n) is 15.0. The Labute approximate surface area is 158 Å². The molecule has 0 spiro atoms. The maximum atomic E-state index is 12.8. The zero-order chi connectivity index (χ0) is 18.4. The van der Waals surface area contributed by atoms with Crippen LogP contribution in [0.1, 0.15) is 33.5 Å². The lowest BCUT2D eigenvalue weighted by Gasteiger charge is -2.19. The van der Waals surface area contributed by atoms with Crippen molar-refractivity contribution in [3.8, 4) is 5.75 Å². The molecule has 4 nitrogen and oxygen atoms in total. The number of rotatable bonds is 7. The van der Waals surface area contributed by atoms with E-state index in [0.29, 0.717) is 25.2 Å². The highest BCUT2D eigenvalue weighted by Crippen LogP contribution is 2.19. The minimum absolute atomic E-state index is 0.0198. The molecule has 0 aliphatic heterocycles. The van der Waals surface area contributed by atoms with E-state index >= 15 is 0 Å². The second-order valence-electron chi connectivity index (χ2n) is 5.96. The minimum Gasteiger partial charge on any atom is -0.497 e. The van der Waals surface area contributed by atoms with Gasteiger partial charge in [-0.1, -0.05) is 42.5 Å². The van der Waals surface area contributed by atoms with Gasteiger partial charge in [-0.2, -0.15) is 0 Å². The molecule has 0 fully saturated rings. The Balaban J connectivity index is 1.67. The molecule has 2 aromatic carbocycles. The number of carbonyl (C=O) groups excluding carboxylic acids is 1. The van der Waals surface area contributed by atoms with E-state index in [0.717, 1.165) is 21.9 Å². The number of methoxy groups -OCH3 is 1. The summed E-state index contributed by atoms with van der Waals surface area (Å²) in [6.07, 6.45) is 0.715. The van der Waals surface area contributed by atoms with Crippen LogP contribution in [0.5, 0.6) is 5.75 Å². The molecule has 5 heteroatoms. The Morgan fingerprint density at radius 1 is 1.08 bits per heavy atom. The lowest BCUT2D eigenvalue weighted by molar-refractivity contribution is 0.0747. The molecule has 0 unspecified atom stereocenters. The van der Waals surface area contributed by atoms with Gasteiger partial charge < -0.3 is 9.64 Å². The van der Waals surface area contributed by atoms with Crippen molar-refractivity contribution in [2.75, 3.05) is 13.7 Å². The predicted molar refractivity (Wildman–Crippen MR) is 105 cm³/mol. The van der Waals surface area contributed by atoms with Crippen LogP contribution in [-0.4, -0.2) is 29.4 Å². The molecule has 3 rings (SSSR count). The van der Waals surface area contributed by atoms with Crippen molar-refractivity contribution in [3.05, 3.63) is 81.8 Å². The molecule has 0 N–H and O–H groups in total. The highest BCUT2D eigenvalue weighted by molar-refractivity contribution is 7.09. The third-order valence-electron chi connectivity index (χ3n) is 4.17. The van der Waals surface area contributed by atoms with Gasteiger partial charge in [0.15, 0.2) is 0 Å². The van der Waals surface area contributed by atoms with Gasteiger partial charge >= 0.3 is 0 Å². The van der Waals surface area contributed by atoms with Crippen LogP contribution in [0.3, 0.4) is 0 Å². The van der Waals surface area contributed by atoms with Crippen LogP contribution in [0.15, 0.2) is 60.0 Å². The molecule has 0 bridgehead atoms. The Morgan fingerprint density at radius 3 is 2.46 bits per heavy atom. The Kier molecular flexibility index (Phi) is 6.02. The maximum Gasteiger partial charge on any atom is 0.273 e. The van der Waals surface area contributed by atoms with Crippen molar-refractivity contribution in [2.24, 2.45) is 0 Å². The highest BCUT2D eigenvalue weighted by Gasteiger charge is 2.18. The standard InChI is InChI=1S/C21H22N2O2S/c1-3-23(14-17-7-5-4-6-8-17)21(24)19-15-26-20(22-19)13-16-9-11-18(25-2)12-10-16/h4-12,15H,3,13-14H2,1-2H3. The van der Waals surface area contributed by atoms with Crippen molar-refractivity contribution in [3.63, 3.8) is 0 Å². The van der Waals surface area contributed by atoms with Gasteiger partial charge in [-0.05, 0) is 30.2 Å². The second-order valence-corrected chi connectivity index (χ2v) is 6.90. The third kappa shape index (κ3) is 4.49. The van der Waals surface area contributed by atoms with E-state index in [1.807, 2.05) is 71.8 Å². The number of ether oxygens (including phenoxy) is 1. The summed E-state index contributed by atoms with van der Waals surface area (Å²) in [5.74, 6) is 0.817. The largest absolute Gasteiger partial charge is 0.497 e. The van der Waals surface area contributed by atoms with Gasteiger partial charge in [-0.25, -0.2) is 4.98 Å². The summed E-state index contributed by atoms with van der Waals surface area (Å²) in [4.78, 5) is 19.2. The molecule has 0 aliphatic rings. The molecule has 134 valence electrons. The molecular formula is C21H22N2O2S. The molecule has 0 saturated carbocycles. The first-order valence-electron chi connectivity index (χ1n) is 8.60. The molecule has 0 aliphatic carbocycles. The van der Waals surface area contributed by atoms with Gasteiger partial charge in [0.2, 0.25) is 0 Å². The number of aromatic nitrogens is 1. The van der Waals surface area contributed by atoms with Crippen LogP contribution >= 0.6 is 11.3 Å². The average molecular weight is 366 g/mol. The molecule has 1 heterocycles.